The molecular weight excluding hydrogens is 380 g/mol. The van der Waals surface area contributed by atoms with Crippen LogP contribution in [0, 0.1) is 0 Å². The Bertz CT molecular complexity index is 850. The van der Waals surface area contributed by atoms with Crippen molar-refractivity contribution in [1.82, 2.24) is 0 Å². The first kappa shape index (κ1) is 17.5. The molecule has 23 heavy (non-hydrogen) atoms. The van der Waals surface area contributed by atoms with Crippen molar-refractivity contribution in [3.8, 4) is 0 Å². The molecule has 0 atom stereocenters. The fourth-order valence-electron chi connectivity index (χ4n) is 2.23. The third-order valence-electron chi connectivity index (χ3n) is 3.34. The average molecular weight is 397 g/mol. The van der Waals surface area contributed by atoms with Gasteiger partial charge >= 0.3 is 0 Å². The third-order valence-corrected chi connectivity index (χ3v) is 5.20. The number of rotatable bonds is 4. The molecule has 7 heteroatoms. The Hall–Kier alpha value is -1.86. The molecule has 0 aliphatic heterocycles. The molecule has 0 radical (unpaired) electrons. The number of carbonyl (C=O) groups excluding carboxylic acids is 1. The van der Waals surface area contributed by atoms with Gasteiger partial charge < -0.3 is 10.6 Å². The summed E-state index contributed by atoms with van der Waals surface area (Å²) in [7, 11) is -3.45. The highest BCUT2D eigenvalue weighted by atomic mass is 79.9. The zero-order chi connectivity index (χ0) is 17.2. The van der Waals surface area contributed by atoms with Crippen LogP contribution in [0.1, 0.15) is 12.5 Å². The van der Waals surface area contributed by atoms with Gasteiger partial charge in [-0.05, 0) is 45.8 Å². The summed E-state index contributed by atoms with van der Waals surface area (Å²) in [6.45, 7) is 1.64. The van der Waals surface area contributed by atoms with E-state index in [1.165, 1.54) is 17.9 Å². The predicted octanol–water partition coefficient (Wildman–Crippen LogP) is 2.99. The Kier molecular flexibility index (Phi) is 5.11. The van der Waals surface area contributed by atoms with Gasteiger partial charge in [0.2, 0.25) is 5.91 Å². The van der Waals surface area contributed by atoms with Gasteiger partial charge in [-0.2, -0.15) is 0 Å². The molecule has 5 nitrogen and oxygen atoms in total. The van der Waals surface area contributed by atoms with Crippen molar-refractivity contribution in [2.24, 2.45) is 0 Å². The molecule has 0 saturated carbocycles. The Balaban J connectivity index is 2.48. The van der Waals surface area contributed by atoms with E-state index < -0.39 is 9.84 Å². The molecule has 2 aromatic rings. The van der Waals surface area contributed by atoms with Crippen LogP contribution in [0.3, 0.4) is 0 Å². The Morgan fingerprint density at radius 2 is 1.87 bits per heavy atom. The molecule has 122 valence electrons. The minimum atomic E-state index is -3.45. The number of hydrogen-bond acceptors (Lipinski definition) is 4. The van der Waals surface area contributed by atoms with Crippen LogP contribution in [0.15, 0.2) is 51.8 Å². The summed E-state index contributed by atoms with van der Waals surface area (Å²) in [6, 6.07) is 11.8. The quantitative estimate of drug-likeness (QED) is 0.805. The van der Waals surface area contributed by atoms with E-state index in [1.54, 1.807) is 30.3 Å². The summed E-state index contributed by atoms with van der Waals surface area (Å²) in [6.07, 6.45) is 1.13. The van der Waals surface area contributed by atoms with Crippen molar-refractivity contribution >= 4 is 43.0 Å². The molecule has 2 aromatic carbocycles. The van der Waals surface area contributed by atoms with E-state index in [2.05, 4.69) is 15.9 Å². The number of nitrogen functional groups attached to an aromatic ring is 1. The molecule has 0 aliphatic carbocycles. The maximum absolute atomic E-state index is 12.1. The normalized spacial score (nSPS) is 11.3. The van der Waals surface area contributed by atoms with Gasteiger partial charge in [-0.25, -0.2) is 8.42 Å². The van der Waals surface area contributed by atoms with Crippen LogP contribution in [0.2, 0.25) is 0 Å². The molecule has 0 aromatic heterocycles. The first-order valence-corrected chi connectivity index (χ1v) is 9.49. The monoisotopic (exact) mass is 396 g/mol. The number of halogens is 1. The predicted molar refractivity (Wildman–Crippen MR) is 95.0 cm³/mol. The Morgan fingerprint density at radius 1 is 1.22 bits per heavy atom. The molecule has 0 spiro atoms. The number of carbonyl (C=O) groups is 1. The highest BCUT2D eigenvalue weighted by molar-refractivity contribution is 9.10. The van der Waals surface area contributed by atoms with Gasteiger partial charge in [0.15, 0.2) is 9.84 Å². The average Bonchev–Trinajstić information content (AvgIpc) is 2.47. The second-order valence-corrected chi connectivity index (χ2v) is 8.04. The molecule has 1 amide bonds. The molecule has 0 unspecified atom stereocenters. The molecule has 0 saturated heterocycles. The molecule has 2 N–H and O–H groups in total. The van der Waals surface area contributed by atoms with Gasteiger partial charge in [0.25, 0.3) is 0 Å². The highest BCUT2D eigenvalue weighted by Gasteiger charge is 2.20. The van der Waals surface area contributed by atoms with Gasteiger partial charge in [-0.1, -0.05) is 18.2 Å². The van der Waals surface area contributed by atoms with Crippen LogP contribution in [-0.2, 0) is 21.2 Å². The number of nitrogens with zero attached hydrogens (tertiary/aromatic N) is 1. The van der Waals surface area contributed by atoms with Gasteiger partial charge in [0.05, 0.1) is 17.1 Å². The van der Waals surface area contributed by atoms with E-state index in [-0.39, 0.29) is 17.3 Å². The summed E-state index contributed by atoms with van der Waals surface area (Å²) < 4.78 is 24.7. The Labute approximate surface area is 144 Å². The second-order valence-electron chi connectivity index (χ2n) is 5.20. The van der Waals surface area contributed by atoms with Crippen molar-refractivity contribution in [1.29, 1.82) is 0 Å². The summed E-state index contributed by atoms with van der Waals surface area (Å²) in [5.74, 6) is -0.248. The number of para-hydroxylation sites is 1. The summed E-state index contributed by atoms with van der Waals surface area (Å²) in [4.78, 5) is 13.6. The molecular formula is C16H17BrN2O3S. The highest BCUT2D eigenvalue weighted by Crippen LogP contribution is 2.28. The lowest BCUT2D eigenvalue weighted by Gasteiger charge is -2.23. The number of amides is 1. The molecule has 0 fully saturated rings. The summed E-state index contributed by atoms with van der Waals surface area (Å²) in [5, 5.41) is 0. The van der Waals surface area contributed by atoms with Crippen LogP contribution in [-0.4, -0.2) is 20.6 Å². The van der Waals surface area contributed by atoms with Gasteiger partial charge in [0.1, 0.15) is 0 Å². The molecule has 0 bridgehead atoms. The van der Waals surface area contributed by atoms with E-state index >= 15 is 0 Å². The van der Waals surface area contributed by atoms with E-state index in [4.69, 9.17) is 5.73 Å². The van der Waals surface area contributed by atoms with E-state index in [0.717, 1.165) is 16.3 Å². The standard InChI is InChI=1S/C16H17BrN2O3S/c1-11(20)19(10-12-7-8-13(17)14(18)9-12)15-5-3-4-6-16(15)23(2,21)22/h3-9H,10,18H2,1-2H3. The molecule has 0 aliphatic rings. The van der Waals surface area contributed by atoms with Crippen LogP contribution < -0.4 is 10.6 Å². The van der Waals surface area contributed by atoms with Crippen molar-refractivity contribution < 1.29 is 13.2 Å². The molecule has 0 heterocycles. The number of hydrogen-bond donors (Lipinski definition) is 1. The lowest BCUT2D eigenvalue weighted by atomic mass is 10.1. The first-order valence-electron chi connectivity index (χ1n) is 6.81. The smallest absolute Gasteiger partial charge is 0.224 e. The summed E-state index contributed by atoms with van der Waals surface area (Å²) in [5.41, 5.74) is 7.60. The molecule has 2 rings (SSSR count). The lowest BCUT2D eigenvalue weighted by molar-refractivity contribution is -0.116. The summed E-state index contributed by atoms with van der Waals surface area (Å²) >= 11 is 3.32. The largest absolute Gasteiger partial charge is 0.398 e. The number of anilines is 2. The third kappa shape index (κ3) is 4.11. The number of nitrogens with two attached hydrogens (primary N) is 1. The van der Waals surface area contributed by atoms with Crippen molar-refractivity contribution in [2.75, 3.05) is 16.9 Å². The van der Waals surface area contributed by atoms with Gasteiger partial charge in [0, 0.05) is 23.3 Å². The topological polar surface area (TPSA) is 80.5 Å². The number of benzene rings is 2. The fraction of sp³-hybridized carbons (Fsp3) is 0.188. The lowest BCUT2D eigenvalue weighted by Crippen LogP contribution is -2.29. The van der Waals surface area contributed by atoms with Crippen LogP contribution in [0.25, 0.3) is 0 Å². The zero-order valence-electron chi connectivity index (χ0n) is 12.8. The van der Waals surface area contributed by atoms with E-state index in [1.807, 2.05) is 6.07 Å². The second kappa shape index (κ2) is 6.72. The van der Waals surface area contributed by atoms with E-state index in [9.17, 15) is 13.2 Å². The maximum atomic E-state index is 12.1. The fourth-order valence-corrected chi connectivity index (χ4v) is 3.36. The minimum absolute atomic E-state index is 0.125. The van der Waals surface area contributed by atoms with Gasteiger partial charge in [-0.3, -0.25) is 4.79 Å². The van der Waals surface area contributed by atoms with Gasteiger partial charge in [-0.15, -0.1) is 0 Å². The Morgan fingerprint density at radius 3 is 2.43 bits per heavy atom. The first-order chi connectivity index (χ1) is 10.7. The van der Waals surface area contributed by atoms with Crippen LogP contribution in [0.4, 0.5) is 11.4 Å². The van der Waals surface area contributed by atoms with Crippen LogP contribution >= 0.6 is 15.9 Å². The van der Waals surface area contributed by atoms with Crippen molar-refractivity contribution in [3.05, 3.63) is 52.5 Å². The maximum Gasteiger partial charge on any atom is 0.224 e. The minimum Gasteiger partial charge on any atom is -0.398 e. The van der Waals surface area contributed by atoms with Crippen LogP contribution in [0.5, 0.6) is 0 Å². The zero-order valence-corrected chi connectivity index (χ0v) is 15.2. The van der Waals surface area contributed by atoms with Crippen molar-refractivity contribution in [2.45, 2.75) is 18.4 Å². The van der Waals surface area contributed by atoms with Crippen molar-refractivity contribution in [3.63, 3.8) is 0 Å². The number of sulfone groups is 1. The van der Waals surface area contributed by atoms with E-state index in [0.29, 0.717) is 11.4 Å². The SMILES string of the molecule is CC(=O)N(Cc1ccc(Br)c(N)c1)c1ccccc1S(C)(=O)=O.